The SMILES string of the molecule is CC(C)C(O)CCNC1CCCC(C)(C)C1. The molecule has 0 saturated heterocycles. The highest BCUT2D eigenvalue weighted by Crippen LogP contribution is 2.34. The van der Waals surface area contributed by atoms with Crippen LogP contribution in [0, 0.1) is 11.3 Å². The molecule has 2 nitrogen and oxygen atoms in total. The number of nitrogens with one attached hydrogen (secondary N) is 1. The van der Waals surface area contributed by atoms with E-state index in [-0.39, 0.29) is 6.10 Å². The van der Waals surface area contributed by atoms with E-state index in [2.05, 4.69) is 33.0 Å². The van der Waals surface area contributed by atoms with Crippen LogP contribution >= 0.6 is 0 Å². The summed E-state index contributed by atoms with van der Waals surface area (Å²) in [6.45, 7) is 9.84. The van der Waals surface area contributed by atoms with Crippen LogP contribution in [-0.2, 0) is 0 Å². The van der Waals surface area contributed by atoms with Gasteiger partial charge in [-0.25, -0.2) is 0 Å². The van der Waals surface area contributed by atoms with E-state index in [4.69, 9.17) is 0 Å². The molecule has 1 rings (SSSR count). The molecule has 1 aliphatic rings. The highest BCUT2D eigenvalue weighted by atomic mass is 16.3. The minimum Gasteiger partial charge on any atom is -0.393 e. The van der Waals surface area contributed by atoms with Crippen molar-refractivity contribution in [1.82, 2.24) is 5.32 Å². The predicted octanol–water partition coefficient (Wildman–Crippen LogP) is 2.95. The second-order valence-corrected chi connectivity index (χ2v) is 6.51. The first-order chi connectivity index (χ1) is 7.41. The van der Waals surface area contributed by atoms with Crippen molar-refractivity contribution in [3.63, 3.8) is 0 Å². The van der Waals surface area contributed by atoms with Crippen LogP contribution in [0.15, 0.2) is 0 Å². The highest BCUT2D eigenvalue weighted by Gasteiger charge is 2.27. The summed E-state index contributed by atoms with van der Waals surface area (Å²) in [6.07, 6.45) is 6.03. The Balaban J connectivity index is 2.18. The minimum absolute atomic E-state index is 0.149. The maximum atomic E-state index is 9.72. The van der Waals surface area contributed by atoms with Gasteiger partial charge in [-0.2, -0.15) is 0 Å². The fourth-order valence-corrected chi connectivity index (χ4v) is 2.64. The number of rotatable bonds is 5. The van der Waals surface area contributed by atoms with Gasteiger partial charge in [0.15, 0.2) is 0 Å². The van der Waals surface area contributed by atoms with Gasteiger partial charge in [0.2, 0.25) is 0 Å². The van der Waals surface area contributed by atoms with Crippen LogP contribution in [0.1, 0.15) is 59.8 Å². The van der Waals surface area contributed by atoms with Crippen molar-refractivity contribution in [3.05, 3.63) is 0 Å². The Hall–Kier alpha value is -0.0800. The molecule has 0 radical (unpaired) electrons. The second-order valence-electron chi connectivity index (χ2n) is 6.51. The lowest BCUT2D eigenvalue weighted by Crippen LogP contribution is -2.38. The van der Waals surface area contributed by atoms with Crippen LogP contribution in [0.5, 0.6) is 0 Å². The van der Waals surface area contributed by atoms with Crippen molar-refractivity contribution >= 4 is 0 Å². The second kappa shape index (κ2) is 6.02. The number of hydrogen-bond donors (Lipinski definition) is 2. The Morgan fingerprint density at radius 2 is 2.06 bits per heavy atom. The smallest absolute Gasteiger partial charge is 0.0575 e. The maximum Gasteiger partial charge on any atom is 0.0575 e. The summed E-state index contributed by atoms with van der Waals surface area (Å²) >= 11 is 0. The Bertz CT molecular complexity index is 201. The molecule has 1 aliphatic carbocycles. The molecule has 0 amide bonds. The molecule has 0 bridgehead atoms. The molecule has 2 atom stereocenters. The van der Waals surface area contributed by atoms with Gasteiger partial charge in [-0.05, 0) is 43.6 Å². The first-order valence-electron chi connectivity index (χ1n) is 6.82. The van der Waals surface area contributed by atoms with Crippen molar-refractivity contribution < 1.29 is 5.11 Å². The van der Waals surface area contributed by atoms with E-state index in [9.17, 15) is 5.11 Å². The van der Waals surface area contributed by atoms with Gasteiger partial charge in [0, 0.05) is 6.04 Å². The van der Waals surface area contributed by atoms with Gasteiger partial charge < -0.3 is 10.4 Å². The van der Waals surface area contributed by atoms with Gasteiger partial charge in [0.25, 0.3) is 0 Å². The summed E-state index contributed by atoms with van der Waals surface area (Å²) in [5.41, 5.74) is 0.507. The first-order valence-corrected chi connectivity index (χ1v) is 6.82. The predicted molar refractivity (Wildman–Crippen MR) is 69.5 cm³/mol. The van der Waals surface area contributed by atoms with Gasteiger partial charge in [-0.3, -0.25) is 0 Å². The fraction of sp³-hybridized carbons (Fsp3) is 1.00. The summed E-state index contributed by atoms with van der Waals surface area (Å²) in [4.78, 5) is 0. The number of hydrogen-bond acceptors (Lipinski definition) is 2. The number of aliphatic hydroxyl groups is 1. The lowest BCUT2D eigenvalue weighted by Gasteiger charge is -2.35. The van der Waals surface area contributed by atoms with Crippen molar-refractivity contribution in [1.29, 1.82) is 0 Å². The van der Waals surface area contributed by atoms with Gasteiger partial charge >= 0.3 is 0 Å². The van der Waals surface area contributed by atoms with Crippen molar-refractivity contribution in [2.45, 2.75) is 71.9 Å². The van der Waals surface area contributed by atoms with E-state index in [1.807, 2.05) is 0 Å². The van der Waals surface area contributed by atoms with E-state index >= 15 is 0 Å². The van der Waals surface area contributed by atoms with Gasteiger partial charge in [0.05, 0.1) is 6.10 Å². The van der Waals surface area contributed by atoms with Gasteiger partial charge in [-0.1, -0.05) is 34.1 Å². The minimum atomic E-state index is -0.149. The average Bonchev–Trinajstić information content (AvgIpc) is 2.15. The molecule has 0 aromatic carbocycles. The van der Waals surface area contributed by atoms with E-state index in [1.54, 1.807) is 0 Å². The van der Waals surface area contributed by atoms with E-state index < -0.39 is 0 Å². The Labute approximate surface area is 101 Å². The lowest BCUT2D eigenvalue weighted by molar-refractivity contribution is 0.112. The van der Waals surface area contributed by atoms with E-state index in [0.717, 1.165) is 13.0 Å². The molecule has 0 aromatic heterocycles. The molecule has 0 aliphatic heterocycles. The van der Waals surface area contributed by atoms with Crippen molar-refractivity contribution in [2.24, 2.45) is 11.3 Å². The summed E-state index contributed by atoms with van der Waals surface area (Å²) in [6, 6.07) is 0.670. The third-order valence-corrected chi connectivity index (χ3v) is 3.85. The number of aliphatic hydroxyl groups excluding tert-OH is 1. The van der Waals surface area contributed by atoms with Crippen LogP contribution in [0.25, 0.3) is 0 Å². The van der Waals surface area contributed by atoms with E-state index in [0.29, 0.717) is 17.4 Å². The third-order valence-electron chi connectivity index (χ3n) is 3.85. The van der Waals surface area contributed by atoms with Gasteiger partial charge in [0.1, 0.15) is 0 Å². The zero-order chi connectivity index (χ0) is 12.2. The van der Waals surface area contributed by atoms with Crippen LogP contribution in [0.3, 0.4) is 0 Å². The topological polar surface area (TPSA) is 32.3 Å². The van der Waals surface area contributed by atoms with E-state index in [1.165, 1.54) is 25.7 Å². The standard InChI is InChI=1S/C14H29NO/c1-11(2)13(16)7-9-15-12-6-5-8-14(3,4)10-12/h11-13,15-16H,5-10H2,1-4H3. The molecule has 16 heavy (non-hydrogen) atoms. The van der Waals surface area contributed by atoms with Crippen LogP contribution in [-0.4, -0.2) is 23.8 Å². The summed E-state index contributed by atoms with van der Waals surface area (Å²) in [7, 11) is 0. The largest absolute Gasteiger partial charge is 0.393 e. The molecular formula is C14H29NO. The Morgan fingerprint density at radius 1 is 1.38 bits per heavy atom. The summed E-state index contributed by atoms with van der Waals surface area (Å²) in [5.74, 6) is 0.379. The quantitative estimate of drug-likeness (QED) is 0.757. The molecule has 0 heterocycles. The lowest BCUT2D eigenvalue weighted by atomic mass is 9.75. The first kappa shape index (κ1) is 14.0. The normalized spacial score (nSPS) is 27.0. The van der Waals surface area contributed by atoms with Crippen molar-refractivity contribution in [3.8, 4) is 0 Å². The zero-order valence-corrected chi connectivity index (χ0v) is 11.4. The molecule has 2 unspecified atom stereocenters. The molecule has 2 heteroatoms. The Kier molecular flexibility index (Phi) is 5.26. The summed E-state index contributed by atoms with van der Waals surface area (Å²) < 4.78 is 0. The molecule has 1 saturated carbocycles. The van der Waals surface area contributed by atoms with Crippen LogP contribution in [0.4, 0.5) is 0 Å². The molecule has 2 N–H and O–H groups in total. The maximum absolute atomic E-state index is 9.72. The van der Waals surface area contributed by atoms with Crippen molar-refractivity contribution in [2.75, 3.05) is 6.54 Å². The average molecular weight is 227 g/mol. The molecule has 1 fully saturated rings. The molecular weight excluding hydrogens is 198 g/mol. The monoisotopic (exact) mass is 227 g/mol. The molecule has 0 spiro atoms. The summed E-state index contributed by atoms with van der Waals surface area (Å²) in [5, 5.41) is 13.3. The van der Waals surface area contributed by atoms with Crippen LogP contribution < -0.4 is 5.32 Å². The highest BCUT2D eigenvalue weighted by molar-refractivity contribution is 4.83. The van der Waals surface area contributed by atoms with Gasteiger partial charge in [-0.15, -0.1) is 0 Å². The third kappa shape index (κ3) is 4.84. The molecule has 96 valence electrons. The zero-order valence-electron chi connectivity index (χ0n) is 11.4. The fourth-order valence-electron chi connectivity index (χ4n) is 2.64. The molecule has 0 aromatic rings. The van der Waals surface area contributed by atoms with Crippen LogP contribution in [0.2, 0.25) is 0 Å². The Morgan fingerprint density at radius 3 is 2.62 bits per heavy atom.